The van der Waals surface area contributed by atoms with E-state index in [1.54, 1.807) is 0 Å². The molecule has 0 atom stereocenters. The van der Waals surface area contributed by atoms with E-state index in [-0.39, 0.29) is 11.2 Å². The summed E-state index contributed by atoms with van der Waals surface area (Å²) in [5, 5.41) is 0. The SMILES string of the molecule is CCOc1ccc(C(=O)CC(C)(C)C)cc1. The molecule has 0 saturated heterocycles. The molecule has 0 N–H and O–H groups in total. The van der Waals surface area contributed by atoms with Crippen LogP contribution in [0.3, 0.4) is 0 Å². The third-order valence-corrected chi connectivity index (χ3v) is 2.18. The van der Waals surface area contributed by atoms with Crippen molar-refractivity contribution in [1.82, 2.24) is 0 Å². The highest BCUT2D eigenvalue weighted by Crippen LogP contribution is 2.22. The molecule has 0 aromatic heterocycles. The molecule has 88 valence electrons. The molecule has 0 heterocycles. The van der Waals surface area contributed by atoms with Gasteiger partial charge in [-0.2, -0.15) is 0 Å². The first-order chi connectivity index (χ1) is 7.42. The first kappa shape index (κ1) is 12.8. The van der Waals surface area contributed by atoms with Crippen molar-refractivity contribution in [2.45, 2.75) is 34.1 Å². The van der Waals surface area contributed by atoms with Crippen molar-refractivity contribution >= 4 is 5.78 Å². The zero-order valence-corrected chi connectivity index (χ0v) is 10.5. The fourth-order valence-electron chi connectivity index (χ4n) is 1.49. The highest BCUT2D eigenvalue weighted by molar-refractivity contribution is 5.96. The number of ether oxygens (including phenoxy) is 1. The summed E-state index contributed by atoms with van der Waals surface area (Å²) in [6, 6.07) is 7.36. The molecule has 0 saturated carbocycles. The van der Waals surface area contributed by atoms with Crippen LogP contribution in [-0.2, 0) is 0 Å². The van der Waals surface area contributed by atoms with Gasteiger partial charge in [0.05, 0.1) is 6.61 Å². The summed E-state index contributed by atoms with van der Waals surface area (Å²) in [5.74, 6) is 1.00. The highest BCUT2D eigenvalue weighted by atomic mass is 16.5. The Balaban J connectivity index is 2.70. The Kier molecular flexibility index (Phi) is 4.11. The molecule has 0 fully saturated rings. The Bertz CT molecular complexity index is 344. The van der Waals surface area contributed by atoms with Crippen LogP contribution < -0.4 is 4.74 Å². The summed E-state index contributed by atoms with van der Waals surface area (Å²) in [5.41, 5.74) is 0.800. The Hall–Kier alpha value is -1.31. The summed E-state index contributed by atoms with van der Waals surface area (Å²) < 4.78 is 5.33. The second-order valence-corrected chi connectivity index (χ2v) is 5.12. The van der Waals surface area contributed by atoms with Crippen molar-refractivity contribution in [3.63, 3.8) is 0 Å². The maximum atomic E-state index is 11.9. The smallest absolute Gasteiger partial charge is 0.163 e. The van der Waals surface area contributed by atoms with E-state index in [0.717, 1.165) is 11.3 Å². The summed E-state index contributed by atoms with van der Waals surface area (Å²) in [4.78, 5) is 11.9. The lowest BCUT2D eigenvalue weighted by atomic mass is 9.88. The van der Waals surface area contributed by atoms with Crippen LogP contribution in [0.15, 0.2) is 24.3 Å². The van der Waals surface area contributed by atoms with Crippen LogP contribution in [0.1, 0.15) is 44.5 Å². The summed E-state index contributed by atoms with van der Waals surface area (Å²) in [6.45, 7) is 8.80. The van der Waals surface area contributed by atoms with Crippen molar-refractivity contribution in [2.24, 2.45) is 5.41 Å². The minimum absolute atomic E-state index is 0.0374. The third-order valence-electron chi connectivity index (χ3n) is 2.18. The molecular weight excluding hydrogens is 200 g/mol. The Labute approximate surface area is 97.6 Å². The molecule has 1 rings (SSSR count). The minimum atomic E-state index is 0.0374. The maximum absolute atomic E-state index is 11.9. The fourth-order valence-corrected chi connectivity index (χ4v) is 1.49. The number of ketones is 1. The van der Waals surface area contributed by atoms with Crippen LogP contribution in [0.2, 0.25) is 0 Å². The van der Waals surface area contributed by atoms with E-state index in [0.29, 0.717) is 13.0 Å². The lowest BCUT2D eigenvalue weighted by molar-refractivity contribution is 0.0940. The number of Topliss-reactive ketones (excluding diaryl/α,β-unsaturated/α-hetero) is 1. The van der Waals surface area contributed by atoms with E-state index < -0.39 is 0 Å². The molecule has 1 aromatic rings. The normalized spacial score (nSPS) is 11.2. The molecule has 0 aliphatic rings. The predicted octanol–water partition coefficient (Wildman–Crippen LogP) is 3.70. The van der Waals surface area contributed by atoms with Gasteiger partial charge in [-0.1, -0.05) is 20.8 Å². The summed E-state index contributed by atoms with van der Waals surface area (Å²) >= 11 is 0. The van der Waals surface area contributed by atoms with Crippen LogP contribution in [0.4, 0.5) is 0 Å². The van der Waals surface area contributed by atoms with Gasteiger partial charge in [0.25, 0.3) is 0 Å². The molecule has 0 aliphatic carbocycles. The number of carbonyl (C=O) groups is 1. The van der Waals surface area contributed by atoms with E-state index in [4.69, 9.17) is 4.74 Å². The fraction of sp³-hybridized carbons (Fsp3) is 0.500. The molecule has 0 bridgehead atoms. The molecule has 0 radical (unpaired) electrons. The quantitative estimate of drug-likeness (QED) is 0.723. The first-order valence-corrected chi connectivity index (χ1v) is 5.68. The molecular formula is C14H20O2. The van der Waals surface area contributed by atoms with Crippen LogP contribution in [0, 0.1) is 5.41 Å². The van der Waals surface area contributed by atoms with Crippen molar-refractivity contribution in [3.8, 4) is 5.75 Å². The number of carbonyl (C=O) groups excluding carboxylic acids is 1. The van der Waals surface area contributed by atoms with Gasteiger partial charge in [-0.25, -0.2) is 0 Å². The predicted molar refractivity (Wildman–Crippen MR) is 66.0 cm³/mol. The van der Waals surface area contributed by atoms with Gasteiger partial charge in [0.15, 0.2) is 5.78 Å². The molecule has 2 nitrogen and oxygen atoms in total. The Morgan fingerprint density at radius 1 is 1.19 bits per heavy atom. The average molecular weight is 220 g/mol. The van der Waals surface area contributed by atoms with Gasteiger partial charge < -0.3 is 4.74 Å². The third kappa shape index (κ3) is 4.05. The van der Waals surface area contributed by atoms with Crippen molar-refractivity contribution < 1.29 is 9.53 Å². The molecule has 0 spiro atoms. The van der Waals surface area contributed by atoms with Crippen molar-refractivity contribution in [2.75, 3.05) is 6.61 Å². The van der Waals surface area contributed by atoms with E-state index in [9.17, 15) is 4.79 Å². The number of rotatable bonds is 4. The monoisotopic (exact) mass is 220 g/mol. The molecule has 0 amide bonds. The standard InChI is InChI=1S/C14H20O2/c1-5-16-12-8-6-11(7-9-12)13(15)10-14(2,3)4/h6-9H,5,10H2,1-4H3. The second kappa shape index (κ2) is 5.15. The van der Waals surface area contributed by atoms with Gasteiger partial charge in [-0.3, -0.25) is 4.79 Å². The summed E-state index contributed by atoms with van der Waals surface area (Å²) in [7, 11) is 0. The van der Waals surface area contributed by atoms with E-state index in [1.807, 2.05) is 31.2 Å². The minimum Gasteiger partial charge on any atom is -0.494 e. The van der Waals surface area contributed by atoms with Crippen molar-refractivity contribution in [1.29, 1.82) is 0 Å². The van der Waals surface area contributed by atoms with Crippen LogP contribution in [0.5, 0.6) is 5.75 Å². The second-order valence-electron chi connectivity index (χ2n) is 5.12. The lowest BCUT2D eigenvalue weighted by Gasteiger charge is -2.16. The molecule has 0 unspecified atom stereocenters. The van der Waals surface area contributed by atoms with Crippen molar-refractivity contribution in [3.05, 3.63) is 29.8 Å². The van der Waals surface area contributed by atoms with Crippen LogP contribution >= 0.6 is 0 Å². The van der Waals surface area contributed by atoms with Crippen LogP contribution in [0.25, 0.3) is 0 Å². The lowest BCUT2D eigenvalue weighted by Crippen LogP contribution is -2.12. The van der Waals surface area contributed by atoms with Gasteiger partial charge in [0, 0.05) is 12.0 Å². The molecule has 16 heavy (non-hydrogen) atoms. The zero-order valence-electron chi connectivity index (χ0n) is 10.5. The van der Waals surface area contributed by atoms with Gasteiger partial charge in [-0.15, -0.1) is 0 Å². The highest BCUT2D eigenvalue weighted by Gasteiger charge is 2.17. The van der Waals surface area contributed by atoms with Gasteiger partial charge in [0.2, 0.25) is 0 Å². The molecule has 1 aromatic carbocycles. The van der Waals surface area contributed by atoms with Gasteiger partial charge in [0.1, 0.15) is 5.75 Å². The van der Waals surface area contributed by atoms with Gasteiger partial charge >= 0.3 is 0 Å². The maximum Gasteiger partial charge on any atom is 0.163 e. The topological polar surface area (TPSA) is 26.3 Å². The Morgan fingerprint density at radius 2 is 1.75 bits per heavy atom. The number of benzene rings is 1. The average Bonchev–Trinajstić information content (AvgIpc) is 2.16. The van der Waals surface area contributed by atoms with E-state index >= 15 is 0 Å². The van der Waals surface area contributed by atoms with E-state index in [2.05, 4.69) is 20.8 Å². The van der Waals surface area contributed by atoms with E-state index in [1.165, 1.54) is 0 Å². The largest absolute Gasteiger partial charge is 0.494 e. The first-order valence-electron chi connectivity index (χ1n) is 5.68. The van der Waals surface area contributed by atoms with Crippen LogP contribution in [-0.4, -0.2) is 12.4 Å². The summed E-state index contributed by atoms with van der Waals surface area (Å²) in [6.07, 6.45) is 0.570. The zero-order chi connectivity index (χ0) is 12.2. The van der Waals surface area contributed by atoms with Gasteiger partial charge in [-0.05, 0) is 36.6 Å². The molecule has 2 heteroatoms. The molecule has 0 aliphatic heterocycles. The Morgan fingerprint density at radius 3 is 2.19 bits per heavy atom. The number of hydrogen-bond donors (Lipinski definition) is 0. The number of hydrogen-bond acceptors (Lipinski definition) is 2.